The number of fused-ring (bicyclic) bond motifs is 1. The summed E-state index contributed by atoms with van der Waals surface area (Å²) in [5, 5.41) is 4.35. The Balaban J connectivity index is 2.13. The van der Waals surface area contributed by atoms with Gasteiger partial charge in [-0.2, -0.15) is 0 Å². The van der Waals surface area contributed by atoms with E-state index in [1.807, 2.05) is 36.5 Å². The van der Waals surface area contributed by atoms with E-state index in [1.165, 1.54) is 0 Å². The Hall–Kier alpha value is -2.36. The van der Waals surface area contributed by atoms with Crippen molar-refractivity contribution in [2.75, 3.05) is 11.9 Å². The molecular formula is C14H14N4. The van der Waals surface area contributed by atoms with E-state index in [0.717, 1.165) is 34.7 Å². The lowest BCUT2D eigenvalue weighted by molar-refractivity contribution is 1.12. The first-order chi connectivity index (χ1) is 8.88. The van der Waals surface area contributed by atoms with Crippen LogP contribution in [0.1, 0.15) is 6.92 Å². The predicted molar refractivity (Wildman–Crippen MR) is 73.5 cm³/mol. The zero-order chi connectivity index (χ0) is 12.4. The van der Waals surface area contributed by atoms with Gasteiger partial charge in [-0.3, -0.25) is 0 Å². The molecule has 2 heterocycles. The van der Waals surface area contributed by atoms with Crippen molar-refractivity contribution >= 4 is 16.7 Å². The van der Waals surface area contributed by atoms with Gasteiger partial charge in [-0.15, -0.1) is 0 Å². The molecule has 0 saturated carbocycles. The van der Waals surface area contributed by atoms with Gasteiger partial charge in [-0.25, -0.2) is 9.97 Å². The van der Waals surface area contributed by atoms with Crippen molar-refractivity contribution in [2.45, 2.75) is 6.92 Å². The van der Waals surface area contributed by atoms with E-state index in [2.05, 4.69) is 27.2 Å². The van der Waals surface area contributed by atoms with Crippen molar-refractivity contribution in [3.8, 4) is 11.4 Å². The van der Waals surface area contributed by atoms with E-state index < -0.39 is 0 Å². The first-order valence-electron chi connectivity index (χ1n) is 6.02. The SMILES string of the molecule is CCNc1ccnc(-c2cccc3[nH]ccc23)n1. The number of rotatable bonds is 3. The van der Waals surface area contributed by atoms with Crippen LogP contribution in [0.5, 0.6) is 0 Å². The van der Waals surface area contributed by atoms with Crippen molar-refractivity contribution in [3.63, 3.8) is 0 Å². The summed E-state index contributed by atoms with van der Waals surface area (Å²) in [6.07, 6.45) is 3.72. The van der Waals surface area contributed by atoms with Crippen molar-refractivity contribution in [3.05, 3.63) is 42.7 Å². The molecule has 18 heavy (non-hydrogen) atoms. The highest BCUT2D eigenvalue weighted by molar-refractivity contribution is 5.93. The topological polar surface area (TPSA) is 53.6 Å². The Labute approximate surface area is 105 Å². The summed E-state index contributed by atoms with van der Waals surface area (Å²) in [4.78, 5) is 12.1. The molecule has 4 nitrogen and oxygen atoms in total. The lowest BCUT2D eigenvalue weighted by Gasteiger charge is -2.05. The van der Waals surface area contributed by atoms with E-state index >= 15 is 0 Å². The maximum absolute atomic E-state index is 4.53. The van der Waals surface area contributed by atoms with Gasteiger partial charge >= 0.3 is 0 Å². The lowest BCUT2D eigenvalue weighted by atomic mass is 10.1. The third kappa shape index (κ3) is 1.82. The van der Waals surface area contributed by atoms with Crippen LogP contribution in [0, 0.1) is 0 Å². The third-order valence-electron chi connectivity index (χ3n) is 2.85. The van der Waals surface area contributed by atoms with Crippen LogP contribution in [0.15, 0.2) is 42.7 Å². The number of hydrogen-bond donors (Lipinski definition) is 2. The molecule has 0 bridgehead atoms. The molecule has 3 aromatic rings. The van der Waals surface area contributed by atoms with Gasteiger partial charge in [-0.1, -0.05) is 12.1 Å². The van der Waals surface area contributed by atoms with Gasteiger partial charge < -0.3 is 10.3 Å². The van der Waals surface area contributed by atoms with E-state index in [-0.39, 0.29) is 0 Å². The van der Waals surface area contributed by atoms with Crippen molar-refractivity contribution in [1.82, 2.24) is 15.0 Å². The van der Waals surface area contributed by atoms with Crippen molar-refractivity contribution in [2.24, 2.45) is 0 Å². The van der Waals surface area contributed by atoms with Gasteiger partial charge in [0.2, 0.25) is 0 Å². The highest BCUT2D eigenvalue weighted by atomic mass is 15.0. The number of H-pyrrole nitrogens is 1. The Morgan fingerprint density at radius 2 is 2.17 bits per heavy atom. The van der Waals surface area contributed by atoms with Crippen LogP contribution < -0.4 is 5.32 Å². The minimum Gasteiger partial charge on any atom is -0.370 e. The quantitative estimate of drug-likeness (QED) is 0.737. The molecule has 4 heteroatoms. The lowest BCUT2D eigenvalue weighted by Crippen LogP contribution is -2.00. The monoisotopic (exact) mass is 238 g/mol. The van der Waals surface area contributed by atoms with Gasteiger partial charge in [-0.05, 0) is 25.1 Å². The summed E-state index contributed by atoms with van der Waals surface area (Å²) in [6.45, 7) is 2.90. The molecule has 0 spiro atoms. The summed E-state index contributed by atoms with van der Waals surface area (Å²) in [5.41, 5.74) is 2.15. The van der Waals surface area contributed by atoms with E-state index in [4.69, 9.17) is 0 Å². The molecule has 0 aliphatic heterocycles. The molecule has 0 atom stereocenters. The number of aromatic amines is 1. The highest BCUT2D eigenvalue weighted by Gasteiger charge is 2.07. The second kappa shape index (κ2) is 4.49. The second-order valence-corrected chi connectivity index (χ2v) is 4.04. The number of anilines is 1. The molecule has 0 amide bonds. The first-order valence-corrected chi connectivity index (χ1v) is 6.02. The molecule has 1 aromatic carbocycles. The second-order valence-electron chi connectivity index (χ2n) is 4.04. The third-order valence-corrected chi connectivity index (χ3v) is 2.85. The first kappa shape index (κ1) is 10.8. The van der Waals surface area contributed by atoms with Gasteiger partial charge in [0.05, 0.1) is 0 Å². The number of nitrogens with zero attached hydrogens (tertiary/aromatic N) is 2. The summed E-state index contributed by atoms with van der Waals surface area (Å²) in [7, 11) is 0. The van der Waals surface area contributed by atoms with Crippen LogP contribution in [0.4, 0.5) is 5.82 Å². The van der Waals surface area contributed by atoms with Crippen LogP contribution in [-0.4, -0.2) is 21.5 Å². The molecule has 0 unspecified atom stereocenters. The summed E-state index contributed by atoms with van der Waals surface area (Å²) in [5.74, 6) is 1.61. The molecule has 0 fully saturated rings. The van der Waals surface area contributed by atoms with Crippen LogP contribution in [0.3, 0.4) is 0 Å². The minimum atomic E-state index is 0.749. The fourth-order valence-corrected chi connectivity index (χ4v) is 2.05. The fourth-order valence-electron chi connectivity index (χ4n) is 2.05. The maximum Gasteiger partial charge on any atom is 0.162 e. The summed E-state index contributed by atoms with van der Waals surface area (Å²) >= 11 is 0. The standard InChI is InChI=1S/C14H14N4/c1-2-15-13-7-9-17-14(18-13)11-4-3-5-12-10(11)6-8-16-12/h3-9,16H,2H2,1H3,(H,15,17,18). The minimum absolute atomic E-state index is 0.749. The van der Waals surface area contributed by atoms with E-state index in [0.29, 0.717) is 0 Å². The zero-order valence-electron chi connectivity index (χ0n) is 10.1. The van der Waals surface area contributed by atoms with Crippen molar-refractivity contribution < 1.29 is 0 Å². The molecular weight excluding hydrogens is 224 g/mol. The Morgan fingerprint density at radius 1 is 1.22 bits per heavy atom. The van der Waals surface area contributed by atoms with Gasteiger partial charge in [0.15, 0.2) is 5.82 Å². The molecule has 0 aliphatic rings. The van der Waals surface area contributed by atoms with Crippen LogP contribution in [0.25, 0.3) is 22.3 Å². The molecule has 2 aromatic heterocycles. The fraction of sp³-hybridized carbons (Fsp3) is 0.143. The molecule has 0 saturated heterocycles. The average Bonchev–Trinajstić information content (AvgIpc) is 2.87. The Morgan fingerprint density at radius 3 is 3.06 bits per heavy atom. The largest absolute Gasteiger partial charge is 0.370 e. The molecule has 90 valence electrons. The number of benzene rings is 1. The maximum atomic E-state index is 4.53. The molecule has 2 N–H and O–H groups in total. The number of nitrogens with one attached hydrogen (secondary N) is 2. The smallest absolute Gasteiger partial charge is 0.162 e. The number of hydrogen-bond acceptors (Lipinski definition) is 3. The molecule has 3 rings (SSSR count). The summed E-state index contributed by atoms with van der Waals surface area (Å²) < 4.78 is 0. The Kier molecular flexibility index (Phi) is 2.68. The van der Waals surface area contributed by atoms with E-state index in [9.17, 15) is 0 Å². The molecule has 0 radical (unpaired) electrons. The highest BCUT2D eigenvalue weighted by Crippen LogP contribution is 2.25. The van der Waals surface area contributed by atoms with Crippen LogP contribution >= 0.6 is 0 Å². The van der Waals surface area contributed by atoms with Gasteiger partial charge in [0, 0.05) is 35.4 Å². The van der Waals surface area contributed by atoms with Crippen LogP contribution in [0.2, 0.25) is 0 Å². The summed E-state index contributed by atoms with van der Waals surface area (Å²) in [6, 6.07) is 10.0. The average molecular weight is 238 g/mol. The van der Waals surface area contributed by atoms with Gasteiger partial charge in [0.25, 0.3) is 0 Å². The zero-order valence-corrected chi connectivity index (χ0v) is 10.1. The van der Waals surface area contributed by atoms with E-state index in [1.54, 1.807) is 6.20 Å². The van der Waals surface area contributed by atoms with Crippen molar-refractivity contribution in [1.29, 1.82) is 0 Å². The Bertz CT molecular complexity index is 672. The van der Waals surface area contributed by atoms with Crippen LogP contribution in [-0.2, 0) is 0 Å². The molecule has 0 aliphatic carbocycles. The number of aromatic nitrogens is 3. The normalized spacial score (nSPS) is 10.7. The predicted octanol–water partition coefficient (Wildman–Crippen LogP) is 3.06. The van der Waals surface area contributed by atoms with Gasteiger partial charge in [0.1, 0.15) is 5.82 Å².